The van der Waals surface area contributed by atoms with Crippen molar-refractivity contribution in [1.29, 1.82) is 0 Å². The second-order valence-electron chi connectivity index (χ2n) is 4.86. The normalized spacial score (nSPS) is 18.0. The minimum atomic E-state index is -0.381. The smallest absolute Gasteiger partial charge is 0.357 e. The number of methoxy groups -OCH3 is 1. The molecule has 0 amide bonds. The number of esters is 1. The van der Waals surface area contributed by atoms with E-state index < -0.39 is 0 Å². The zero-order chi connectivity index (χ0) is 13.7. The lowest BCUT2D eigenvalue weighted by atomic mass is 10.1. The standard InChI is InChI=1S/C13H21N3O2S/c1-10(16-6-4-3-5-7-16)8-14-13-15-11(9-19-13)12(17)18-2/h9-10H,3-8H2,1-2H3,(H,14,15). The third-order valence-corrected chi connectivity index (χ3v) is 4.26. The quantitative estimate of drug-likeness (QED) is 0.840. The number of rotatable bonds is 5. The van der Waals surface area contributed by atoms with Crippen LogP contribution in [-0.2, 0) is 4.74 Å². The Labute approximate surface area is 118 Å². The zero-order valence-corrected chi connectivity index (χ0v) is 12.3. The van der Waals surface area contributed by atoms with Crippen molar-refractivity contribution >= 4 is 22.4 Å². The van der Waals surface area contributed by atoms with Gasteiger partial charge in [-0.3, -0.25) is 4.90 Å². The summed E-state index contributed by atoms with van der Waals surface area (Å²) in [7, 11) is 1.37. The maximum atomic E-state index is 11.3. The average molecular weight is 283 g/mol. The number of carbonyl (C=O) groups is 1. The van der Waals surface area contributed by atoms with Crippen LogP contribution in [0.15, 0.2) is 5.38 Å². The van der Waals surface area contributed by atoms with E-state index in [0.717, 1.165) is 11.7 Å². The summed E-state index contributed by atoms with van der Waals surface area (Å²) in [5, 5.41) is 5.80. The van der Waals surface area contributed by atoms with Gasteiger partial charge in [-0.05, 0) is 32.9 Å². The SMILES string of the molecule is COC(=O)c1csc(NCC(C)N2CCCCC2)n1. The molecule has 0 aromatic carbocycles. The van der Waals surface area contributed by atoms with Gasteiger partial charge >= 0.3 is 5.97 Å². The number of hydrogen-bond donors (Lipinski definition) is 1. The van der Waals surface area contributed by atoms with Gasteiger partial charge in [-0.2, -0.15) is 0 Å². The van der Waals surface area contributed by atoms with Gasteiger partial charge in [0.15, 0.2) is 10.8 Å². The molecule has 2 rings (SSSR count). The van der Waals surface area contributed by atoms with Gasteiger partial charge in [0, 0.05) is 18.0 Å². The number of anilines is 1. The van der Waals surface area contributed by atoms with Crippen LogP contribution in [-0.4, -0.2) is 48.6 Å². The molecule has 19 heavy (non-hydrogen) atoms. The highest BCUT2D eigenvalue weighted by molar-refractivity contribution is 7.13. The average Bonchev–Trinajstić information content (AvgIpc) is 2.93. The molecule has 0 aliphatic carbocycles. The monoisotopic (exact) mass is 283 g/mol. The number of piperidine rings is 1. The van der Waals surface area contributed by atoms with Gasteiger partial charge in [0.25, 0.3) is 0 Å². The molecule has 0 radical (unpaired) electrons. The predicted octanol–water partition coefficient (Wildman–Crippen LogP) is 2.22. The number of nitrogens with one attached hydrogen (secondary N) is 1. The van der Waals surface area contributed by atoms with Crippen LogP contribution >= 0.6 is 11.3 Å². The summed E-state index contributed by atoms with van der Waals surface area (Å²) in [6.07, 6.45) is 3.95. The molecule has 1 aliphatic heterocycles. The Hall–Kier alpha value is -1.14. The summed E-state index contributed by atoms with van der Waals surface area (Å²) in [5.74, 6) is -0.381. The number of aromatic nitrogens is 1. The fourth-order valence-corrected chi connectivity index (χ4v) is 2.97. The molecule has 1 aromatic rings. The molecule has 1 saturated heterocycles. The predicted molar refractivity (Wildman–Crippen MR) is 76.8 cm³/mol. The van der Waals surface area contributed by atoms with Gasteiger partial charge in [-0.15, -0.1) is 11.3 Å². The number of hydrogen-bond acceptors (Lipinski definition) is 6. The number of carbonyl (C=O) groups excluding carboxylic acids is 1. The Balaban J connectivity index is 1.81. The van der Waals surface area contributed by atoms with Crippen LogP contribution in [0.4, 0.5) is 5.13 Å². The van der Waals surface area contributed by atoms with Crippen LogP contribution in [0.2, 0.25) is 0 Å². The molecule has 1 aliphatic rings. The van der Waals surface area contributed by atoms with Crippen LogP contribution < -0.4 is 5.32 Å². The van der Waals surface area contributed by atoms with Gasteiger partial charge in [0.2, 0.25) is 0 Å². The third kappa shape index (κ3) is 3.91. The highest BCUT2D eigenvalue weighted by Crippen LogP contribution is 2.17. The minimum absolute atomic E-state index is 0.376. The van der Waals surface area contributed by atoms with Crippen molar-refractivity contribution in [2.75, 3.05) is 32.1 Å². The van der Waals surface area contributed by atoms with Crippen LogP contribution in [0.5, 0.6) is 0 Å². The molecule has 1 aromatic heterocycles. The number of nitrogens with zero attached hydrogens (tertiary/aromatic N) is 2. The molecular weight excluding hydrogens is 262 g/mol. The molecule has 1 unspecified atom stereocenters. The van der Waals surface area contributed by atoms with E-state index in [-0.39, 0.29) is 5.97 Å². The Kier molecular flexibility index (Phi) is 5.15. The molecule has 0 saturated carbocycles. The second-order valence-corrected chi connectivity index (χ2v) is 5.71. The minimum Gasteiger partial charge on any atom is -0.464 e. The van der Waals surface area contributed by atoms with Gasteiger partial charge in [0.05, 0.1) is 7.11 Å². The fraction of sp³-hybridized carbons (Fsp3) is 0.692. The topological polar surface area (TPSA) is 54.5 Å². The third-order valence-electron chi connectivity index (χ3n) is 3.46. The first-order valence-corrected chi connectivity index (χ1v) is 7.60. The van der Waals surface area contributed by atoms with Crippen molar-refractivity contribution in [2.45, 2.75) is 32.2 Å². The van der Waals surface area contributed by atoms with E-state index in [1.54, 1.807) is 5.38 Å². The van der Waals surface area contributed by atoms with Gasteiger partial charge in [-0.25, -0.2) is 9.78 Å². The Bertz CT molecular complexity index is 416. The highest BCUT2D eigenvalue weighted by Gasteiger charge is 2.17. The molecule has 5 nitrogen and oxygen atoms in total. The van der Waals surface area contributed by atoms with Crippen molar-refractivity contribution in [3.05, 3.63) is 11.1 Å². The molecule has 1 N–H and O–H groups in total. The maximum Gasteiger partial charge on any atom is 0.357 e. The lowest BCUT2D eigenvalue weighted by Gasteiger charge is -2.32. The van der Waals surface area contributed by atoms with Crippen molar-refractivity contribution in [2.24, 2.45) is 0 Å². The van der Waals surface area contributed by atoms with Crippen LogP contribution in [0.3, 0.4) is 0 Å². The van der Waals surface area contributed by atoms with Gasteiger partial charge in [-0.1, -0.05) is 6.42 Å². The van der Waals surface area contributed by atoms with Gasteiger partial charge < -0.3 is 10.1 Å². The lowest BCUT2D eigenvalue weighted by molar-refractivity contribution is 0.0595. The van der Waals surface area contributed by atoms with Gasteiger partial charge in [0.1, 0.15) is 0 Å². The number of ether oxygens (including phenoxy) is 1. The van der Waals surface area contributed by atoms with Crippen LogP contribution in [0, 0.1) is 0 Å². The van der Waals surface area contributed by atoms with Crippen molar-refractivity contribution < 1.29 is 9.53 Å². The first-order chi connectivity index (χ1) is 9.20. The number of thiazole rings is 1. The summed E-state index contributed by atoms with van der Waals surface area (Å²) < 4.78 is 4.64. The van der Waals surface area contributed by atoms with E-state index in [2.05, 4.69) is 26.9 Å². The molecule has 0 spiro atoms. The molecule has 6 heteroatoms. The number of likely N-dealkylation sites (tertiary alicyclic amines) is 1. The molecular formula is C13H21N3O2S. The maximum absolute atomic E-state index is 11.3. The fourth-order valence-electron chi connectivity index (χ4n) is 2.28. The molecule has 1 atom stereocenters. The Morgan fingerprint density at radius 1 is 1.53 bits per heavy atom. The van der Waals surface area contributed by atoms with Crippen molar-refractivity contribution in [3.8, 4) is 0 Å². The van der Waals surface area contributed by atoms with E-state index in [1.165, 1.54) is 50.8 Å². The summed E-state index contributed by atoms with van der Waals surface area (Å²) in [4.78, 5) is 18.0. The van der Waals surface area contributed by atoms with E-state index in [9.17, 15) is 4.79 Å². The Morgan fingerprint density at radius 2 is 2.26 bits per heavy atom. The van der Waals surface area contributed by atoms with E-state index in [1.807, 2.05) is 0 Å². The second kappa shape index (κ2) is 6.86. The van der Waals surface area contributed by atoms with Crippen molar-refractivity contribution in [1.82, 2.24) is 9.88 Å². The molecule has 1 fully saturated rings. The molecule has 106 valence electrons. The van der Waals surface area contributed by atoms with E-state index in [0.29, 0.717) is 11.7 Å². The molecule has 0 bridgehead atoms. The lowest BCUT2D eigenvalue weighted by Crippen LogP contribution is -2.41. The summed E-state index contributed by atoms with van der Waals surface area (Å²) in [6, 6.07) is 0.491. The van der Waals surface area contributed by atoms with Crippen LogP contribution in [0.1, 0.15) is 36.7 Å². The first-order valence-electron chi connectivity index (χ1n) is 6.72. The van der Waals surface area contributed by atoms with E-state index >= 15 is 0 Å². The zero-order valence-electron chi connectivity index (χ0n) is 11.5. The largest absolute Gasteiger partial charge is 0.464 e. The Morgan fingerprint density at radius 3 is 2.95 bits per heavy atom. The van der Waals surface area contributed by atoms with E-state index in [4.69, 9.17) is 0 Å². The molecule has 2 heterocycles. The highest BCUT2D eigenvalue weighted by atomic mass is 32.1. The summed E-state index contributed by atoms with van der Waals surface area (Å²) >= 11 is 1.44. The summed E-state index contributed by atoms with van der Waals surface area (Å²) in [6.45, 7) is 5.46. The first kappa shape index (κ1) is 14.3. The summed E-state index contributed by atoms with van der Waals surface area (Å²) in [5.41, 5.74) is 0.376. The van der Waals surface area contributed by atoms with Crippen molar-refractivity contribution in [3.63, 3.8) is 0 Å². The van der Waals surface area contributed by atoms with Crippen LogP contribution in [0.25, 0.3) is 0 Å².